The van der Waals surface area contributed by atoms with Gasteiger partial charge in [0.2, 0.25) is 0 Å². The smallest absolute Gasteiger partial charge is 0.271 e. The number of rotatable bonds is 7. The van der Waals surface area contributed by atoms with Gasteiger partial charge in [-0.25, -0.2) is 4.68 Å². The van der Waals surface area contributed by atoms with Crippen molar-refractivity contribution >= 4 is 5.91 Å². The standard InChI is InChI=1S/C16H16N6O/c1-2-3-9-16(19-20-16)10-11-17-15(23)14-12-18-21-22(14)13-7-5-4-6-8-13/h1,4-8,12H,3,9-11H2,(H,17,23). The first kappa shape index (κ1) is 14.9. The fourth-order valence-electron chi connectivity index (χ4n) is 2.28. The number of para-hydroxylation sites is 1. The first-order valence-electron chi connectivity index (χ1n) is 7.36. The molecule has 1 amide bonds. The van der Waals surface area contributed by atoms with E-state index in [1.807, 2.05) is 30.3 Å². The van der Waals surface area contributed by atoms with E-state index in [4.69, 9.17) is 6.42 Å². The van der Waals surface area contributed by atoms with Crippen LogP contribution in [0.15, 0.2) is 46.8 Å². The summed E-state index contributed by atoms with van der Waals surface area (Å²) < 4.78 is 1.51. The van der Waals surface area contributed by atoms with Crippen molar-refractivity contribution in [2.75, 3.05) is 6.54 Å². The van der Waals surface area contributed by atoms with E-state index in [9.17, 15) is 4.79 Å². The molecule has 0 saturated heterocycles. The van der Waals surface area contributed by atoms with E-state index in [1.54, 1.807) is 0 Å². The molecule has 2 heterocycles. The zero-order chi connectivity index (χ0) is 16.1. The lowest BCUT2D eigenvalue weighted by Gasteiger charge is -2.10. The number of hydrogen-bond donors (Lipinski definition) is 1. The van der Waals surface area contributed by atoms with Gasteiger partial charge in [0, 0.05) is 25.8 Å². The van der Waals surface area contributed by atoms with E-state index in [-0.39, 0.29) is 5.91 Å². The maximum Gasteiger partial charge on any atom is 0.271 e. The van der Waals surface area contributed by atoms with Crippen molar-refractivity contribution in [3.05, 3.63) is 42.2 Å². The Morgan fingerprint density at radius 2 is 2.04 bits per heavy atom. The van der Waals surface area contributed by atoms with E-state index in [2.05, 4.69) is 31.8 Å². The van der Waals surface area contributed by atoms with Crippen LogP contribution in [-0.4, -0.2) is 33.1 Å². The van der Waals surface area contributed by atoms with Gasteiger partial charge in [-0.05, 0) is 12.1 Å². The minimum absolute atomic E-state index is 0.230. The topological polar surface area (TPSA) is 84.5 Å². The third-order valence-corrected chi connectivity index (χ3v) is 3.65. The number of carbonyl (C=O) groups is 1. The van der Waals surface area contributed by atoms with Crippen LogP contribution in [0.2, 0.25) is 0 Å². The summed E-state index contributed by atoms with van der Waals surface area (Å²) in [5.74, 6) is 2.35. The van der Waals surface area contributed by atoms with Gasteiger partial charge in [-0.2, -0.15) is 10.2 Å². The van der Waals surface area contributed by atoms with Crippen molar-refractivity contribution in [1.82, 2.24) is 20.3 Å². The van der Waals surface area contributed by atoms with E-state index in [1.165, 1.54) is 10.9 Å². The summed E-state index contributed by atoms with van der Waals surface area (Å²) in [4.78, 5) is 12.3. The van der Waals surface area contributed by atoms with E-state index >= 15 is 0 Å². The molecule has 1 N–H and O–H groups in total. The van der Waals surface area contributed by atoms with Gasteiger partial charge in [0.1, 0.15) is 0 Å². The Labute approximate surface area is 133 Å². The molecule has 23 heavy (non-hydrogen) atoms. The zero-order valence-electron chi connectivity index (χ0n) is 12.5. The highest BCUT2D eigenvalue weighted by Crippen LogP contribution is 2.36. The number of hydrogen-bond acceptors (Lipinski definition) is 5. The van der Waals surface area contributed by atoms with Gasteiger partial charge < -0.3 is 5.32 Å². The molecule has 3 rings (SSSR count). The summed E-state index contributed by atoms with van der Waals surface area (Å²) >= 11 is 0. The Morgan fingerprint density at radius 3 is 2.74 bits per heavy atom. The highest BCUT2D eigenvalue weighted by atomic mass is 16.2. The maximum atomic E-state index is 12.3. The summed E-state index contributed by atoms with van der Waals surface area (Å²) in [5, 5.41) is 18.7. The SMILES string of the molecule is C#CCCC1(CCNC(=O)c2cnnn2-c2ccccc2)N=N1. The third-order valence-electron chi connectivity index (χ3n) is 3.65. The third kappa shape index (κ3) is 3.43. The Morgan fingerprint density at radius 1 is 1.26 bits per heavy atom. The van der Waals surface area contributed by atoms with Gasteiger partial charge in [-0.1, -0.05) is 23.4 Å². The monoisotopic (exact) mass is 308 g/mol. The summed E-state index contributed by atoms with van der Waals surface area (Å²) in [6.45, 7) is 0.469. The second-order valence-electron chi connectivity index (χ2n) is 5.26. The van der Waals surface area contributed by atoms with Crippen molar-refractivity contribution in [2.24, 2.45) is 10.2 Å². The average Bonchev–Trinajstić information content (AvgIpc) is 3.17. The second-order valence-corrected chi connectivity index (χ2v) is 5.26. The molecule has 0 radical (unpaired) electrons. The zero-order valence-corrected chi connectivity index (χ0v) is 12.5. The van der Waals surface area contributed by atoms with Gasteiger partial charge in [-0.3, -0.25) is 4.79 Å². The maximum absolute atomic E-state index is 12.3. The quantitative estimate of drug-likeness (QED) is 0.793. The molecule has 1 aliphatic rings. The highest BCUT2D eigenvalue weighted by molar-refractivity contribution is 5.92. The molecule has 0 bridgehead atoms. The molecule has 7 heteroatoms. The van der Waals surface area contributed by atoms with E-state index < -0.39 is 5.66 Å². The van der Waals surface area contributed by atoms with Crippen molar-refractivity contribution in [3.63, 3.8) is 0 Å². The van der Waals surface area contributed by atoms with E-state index in [0.717, 1.165) is 12.1 Å². The van der Waals surface area contributed by atoms with Gasteiger partial charge in [0.05, 0.1) is 11.9 Å². The lowest BCUT2D eigenvalue weighted by molar-refractivity contribution is 0.0944. The molecule has 7 nitrogen and oxygen atoms in total. The van der Waals surface area contributed by atoms with Gasteiger partial charge >= 0.3 is 0 Å². The number of terminal acetylenes is 1. The fraction of sp³-hybridized carbons (Fsp3) is 0.312. The molecule has 0 atom stereocenters. The minimum atomic E-state index is -0.391. The molecule has 0 spiro atoms. The van der Waals surface area contributed by atoms with Gasteiger partial charge in [-0.15, -0.1) is 17.4 Å². The predicted molar refractivity (Wildman–Crippen MR) is 84.0 cm³/mol. The Kier molecular flexibility index (Phi) is 4.15. The number of nitrogens with one attached hydrogen (secondary N) is 1. The predicted octanol–water partition coefficient (Wildman–Crippen LogP) is 1.96. The van der Waals surface area contributed by atoms with Crippen LogP contribution in [0, 0.1) is 12.3 Å². The molecule has 1 aromatic heterocycles. The molecule has 2 aromatic rings. The number of nitrogens with zero attached hydrogens (tertiary/aromatic N) is 5. The first-order chi connectivity index (χ1) is 11.2. The number of amides is 1. The second kappa shape index (κ2) is 6.40. The van der Waals surface area contributed by atoms with Gasteiger partial charge in [0.25, 0.3) is 5.91 Å². The summed E-state index contributed by atoms with van der Waals surface area (Å²) in [6.07, 6.45) is 8.71. The number of aromatic nitrogens is 3. The highest BCUT2D eigenvalue weighted by Gasteiger charge is 2.38. The minimum Gasteiger partial charge on any atom is -0.350 e. The summed E-state index contributed by atoms with van der Waals surface area (Å²) in [7, 11) is 0. The Bertz CT molecular complexity index is 752. The summed E-state index contributed by atoms with van der Waals surface area (Å²) in [6, 6.07) is 9.39. The van der Waals surface area contributed by atoms with Crippen LogP contribution in [-0.2, 0) is 0 Å². The Hall–Kier alpha value is -3.01. The lowest BCUT2D eigenvalue weighted by Crippen LogP contribution is -2.29. The van der Waals surface area contributed by atoms with Crippen LogP contribution in [0.5, 0.6) is 0 Å². The van der Waals surface area contributed by atoms with Crippen LogP contribution in [0.1, 0.15) is 29.8 Å². The van der Waals surface area contributed by atoms with Crippen LogP contribution in [0.3, 0.4) is 0 Å². The van der Waals surface area contributed by atoms with Crippen LogP contribution < -0.4 is 5.32 Å². The molecule has 1 aliphatic heterocycles. The molecule has 0 aliphatic carbocycles. The Balaban J connectivity index is 1.58. The summed E-state index contributed by atoms with van der Waals surface area (Å²) in [5.41, 5.74) is 0.781. The molecule has 116 valence electrons. The molecular formula is C16H16N6O. The number of benzene rings is 1. The van der Waals surface area contributed by atoms with Crippen LogP contribution in [0.4, 0.5) is 0 Å². The lowest BCUT2D eigenvalue weighted by atomic mass is 10.0. The normalized spacial score (nSPS) is 14.2. The van der Waals surface area contributed by atoms with Crippen LogP contribution >= 0.6 is 0 Å². The largest absolute Gasteiger partial charge is 0.350 e. The van der Waals surface area contributed by atoms with Gasteiger partial charge in [0.15, 0.2) is 11.4 Å². The molecule has 0 fully saturated rings. The number of carbonyl (C=O) groups excluding carboxylic acids is 1. The fourth-order valence-corrected chi connectivity index (χ4v) is 2.28. The van der Waals surface area contributed by atoms with Crippen molar-refractivity contribution in [1.29, 1.82) is 0 Å². The molecular weight excluding hydrogens is 292 g/mol. The van der Waals surface area contributed by atoms with Crippen molar-refractivity contribution < 1.29 is 4.79 Å². The molecule has 1 aromatic carbocycles. The van der Waals surface area contributed by atoms with Crippen molar-refractivity contribution in [3.8, 4) is 18.0 Å². The van der Waals surface area contributed by atoms with E-state index in [0.29, 0.717) is 25.1 Å². The average molecular weight is 308 g/mol. The first-order valence-corrected chi connectivity index (χ1v) is 7.36. The molecule has 0 saturated carbocycles. The van der Waals surface area contributed by atoms with Crippen molar-refractivity contribution in [2.45, 2.75) is 24.9 Å². The van der Waals surface area contributed by atoms with Crippen LogP contribution in [0.25, 0.3) is 5.69 Å². The molecule has 0 unspecified atom stereocenters.